The molecule has 12 heteroatoms. The largest absolute Gasteiger partial charge is 0.472 e. The van der Waals surface area contributed by atoms with Crippen molar-refractivity contribution in [1.29, 1.82) is 0 Å². The average molecular weight is 545 g/mol. The van der Waals surface area contributed by atoms with Gasteiger partial charge in [-0.1, -0.05) is 0 Å². The Hall–Kier alpha value is -3.96. The molecule has 4 aromatic rings. The second-order valence-electron chi connectivity index (χ2n) is 9.70. The van der Waals surface area contributed by atoms with E-state index in [4.69, 9.17) is 9.84 Å². The van der Waals surface area contributed by atoms with Crippen LogP contribution in [0.2, 0.25) is 0 Å². The highest BCUT2D eigenvalue weighted by Gasteiger charge is 2.30. The Labute approximate surface area is 221 Å². The van der Waals surface area contributed by atoms with Crippen LogP contribution in [-0.4, -0.2) is 43.1 Å². The Balaban J connectivity index is 1.46. The number of halogens is 4. The Morgan fingerprint density at radius 1 is 1.13 bits per heavy atom. The average Bonchev–Trinajstić information content (AvgIpc) is 3.27. The predicted octanol–water partition coefficient (Wildman–Crippen LogP) is 5.66. The molecule has 0 unspecified atom stereocenters. The molecule has 0 aliphatic heterocycles. The van der Waals surface area contributed by atoms with E-state index in [-0.39, 0.29) is 18.0 Å². The number of hydrogen-bond acceptors (Lipinski definition) is 6. The molecule has 39 heavy (non-hydrogen) atoms. The van der Waals surface area contributed by atoms with Gasteiger partial charge in [-0.3, -0.25) is 9.48 Å². The summed E-state index contributed by atoms with van der Waals surface area (Å²) in [6.07, 6.45) is 2.31. The molecule has 4 heterocycles. The van der Waals surface area contributed by atoms with Crippen LogP contribution in [0.3, 0.4) is 0 Å². The number of hydrogen-bond donors (Lipinski definition) is 1. The van der Waals surface area contributed by atoms with Crippen LogP contribution in [0.1, 0.15) is 44.2 Å². The number of alkyl halides is 3. The lowest BCUT2D eigenvalue weighted by molar-refractivity contribution is -0.141. The molecule has 1 saturated carbocycles. The van der Waals surface area contributed by atoms with Crippen molar-refractivity contribution in [1.82, 2.24) is 24.3 Å². The van der Waals surface area contributed by atoms with Crippen molar-refractivity contribution in [2.24, 2.45) is 0 Å². The van der Waals surface area contributed by atoms with Gasteiger partial charge in [-0.2, -0.15) is 18.3 Å². The summed E-state index contributed by atoms with van der Waals surface area (Å²) in [5.74, 6) is 0.191. The maximum atomic E-state index is 14.4. The third-order valence-corrected chi connectivity index (χ3v) is 6.87. The lowest BCUT2D eigenvalue weighted by atomic mass is 9.93. The Bertz CT molecular complexity index is 1540. The molecule has 0 spiro atoms. The van der Waals surface area contributed by atoms with E-state index in [1.807, 2.05) is 17.7 Å². The number of aryl methyl sites for hydroxylation is 1. The molecular weight excluding hydrogens is 516 g/mol. The zero-order valence-electron chi connectivity index (χ0n) is 21.5. The predicted molar refractivity (Wildman–Crippen MR) is 138 cm³/mol. The second kappa shape index (κ2) is 10.7. The number of nitrogens with zero attached hydrogens (tertiary/aromatic N) is 5. The smallest absolute Gasteiger partial charge is 0.406 e. The standard InChI is InChI=1S/C27H28F4N6O2/c1-3-32-22-12-21-20(13-34-22)25(17-4-9-23(38)36(14-17)15-27(29,30)31)35-37(21)18-5-7-19(8-6-18)39-26-24(28)16(2)10-11-33-26/h4,9-14,18-19H,3,5-8,15H2,1-2H3,(H,32,34). The van der Waals surface area contributed by atoms with Crippen molar-refractivity contribution in [2.45, 2.75) is 64.4 Å². The first-order valence-electron chi connectivity index (χ1n) is 12.8. The van der Waals surface area contributed by atoms with E-state index in [1.165, 1.54) is 18.5 Å². The van der Waals surface area contributed by atoms with Gasteiger partial charge in [0.2, 0.25) is 0 Å². The first kappa shape index (κ1) is 26.6. The summed E-state index contributed by atoms with van der Waals surface area (Å²) in [5, 5.41) is 8.67. The summed E-state index contributed by atoms with van der Waals surface area (Å²) in [5.41, 5.74) is 1.33. The van der Waals surface area contributed by atoms with Crippen molar-refractivity contribution in [3.05, 3.63) is 64.6 Å². The zero-order valence-corrected chi connectivity index (χ0v) is 21.5. The molecule has 0 atom stereocenters. The van der Waals surface area contributed by atoms with Gasteiger partial charge in [0.1, 0.15) is 24.2 Å². The first-order chi connectivity index (χ1) is 18.6. The van der Waals surface area contributed by atoms with Crippen LogP contribution >= 0.6 is 0 Å². The highest BCUT2D eigenvalue weighted by molar-refractivity contribution is 5.93. The molecule has 0 amide bonds. The molecule has 8 nitrogen and oxygen atoms in total. The number of nitrogens with one attached hydrogen (secondary N) is 1. The number of ether oxygens (including phenoxy) is 1. The lowest BCUT2D eigenvalue weighted by Crippen LogP contribution is -2.27. The van der Waals surface area contributed by atoms with Crippen LogP contribution in [0.5, 0.6) is 5.88 Å². The molecule has 0 radical (unpaired) electrons. The molecule has 1 N–H and O–H groups in total. The molecule has 0 saturated heterocycles. The first-order valence-corrected chi connectivity index (χ1v) is 12.8. The summed E-state index contributed by atoms with van der Waals surface area (Å²) >= 11 is 0. The van der Waals surface area contributed by atoms with Crippen molar-refractivity contribution >= 4 is 16.7 Å². The highest BCUT2D eigenvalue weighted by atomic mass is 19.4. The third-order valence-electron chi connectivity index (χ3n) is 6.87. The van der Waals surface area contributed by atoms with Gasteiger partial charge in [0.15, 0.2) is 5.82 Å². The fourth-order valence-corrected chi connectivity index (χ4v) is 4.95. The van der Waals surface area contributed by atoms with Crippen molar-refractivity contribution in [2.75, 3.05) is 11.9 Å². The minimum atomic E-state index is -4.54. The quantitative estimate of drug-likeness (QED) is 0.302. The topological polar surface area (TPSA) is 86.9 Å². The summed E-state index contributed by atoms with van der Waals surface area (Å²) in [7, 11) is 0. The minimum absolute atomic E-state index is 0.000567. The summed E-state index contributed by atoms with van der Waals surface area (Å²) in [6.45, 7) is 2.88. The maximum absolute atomic E-state index is 14.4. The number of anilines is 1. The minimum Gasteiger partial charge on any atom is -0.472 e. The van der Waals surface area contributed by atoms with E-state index in [2.05, 4.69) is 15.3 Å². The van der Waals surface area contributed by atoms with Gasteiger partial charge in [-0.15, -0.1) is 0 Å². The van der Waals surface area contributed by atoms with E-state index in [1.54, 1.807) is 19.2 Å². The van der Waals surface area contributed by atoms with Crippen LogP contribution in [-0.2, 0) is 6.54 Å². The van der Waals surface area contributed by atoms with Crippen LogP contribution in [0.25, 0.3) is 22.2 Å². The molecule has 1 aliphatic rings. The van der Waals surface area contributed by atoms with Gasteiger partial charge >= 0.3 is 6.18 Å². The number of fused-ring (bicyclic) bond motifs is 1. The Morgan fingerprint density at radius 3 is 2.62 bits per heavy atom. The Morgan fingerprint density at radius 2 is 1.90 bits per heavy atom. The third kappa shape index (κ3) is 5.74. The van der Waals surface area contributed by atoms with Gasteiger partial charge in [-0.05, 0) is 57.2 Å². The van der Waals surface area contributed by atoms with Crippen LogP contribution in [0.15, 0.2) is 47.7 Å². The molecule has 4 aromatic heterocycles. The molecular formula is C27H28F4N6O2. The van der Waals surface area contributed by atoms with Gasteiger partial charge in [0, 0.05) is 48.2 Å². The zero-order chi connectivity index (χ0) is 27.7. The maximum Gasteiger partial charge on any atom is 0.406 e. The van der Waals surface area contributed by atoms with E-state index >= 15 is 0 Å². The molecule has 0 aromatic carbocycles. The second-order valence-corrected chi connectivity index (χ2v) is 9.70. The van der Waals surface area contributed by atoms with Crippen molar-refractivity contribution in [3.8, 4) is 17.1 Å². The molecule has 1 fully saturated rings. The lowest BCUT2D eigenvalue weighted by Gasteiger charge is -2.29. The molecule has 1 aliphatic carbocycles. The van der Waals surface area contributed by atoms with E-state index in [0.717, 1.165) is 11.6 Å². The van der Waals surface area contributed by atoms with Gasteiger partial charge < -0.3 is 14.6 Å². The van der Waals surface area contributed by atoms with E-state index in [9.17, 15) is 22.4 Å². The summed E-state index contributed by atoms with van der Waals surface area (Å²) in [4.78, 5) is 20.6. The van der Waals surface area contributed by atoms with Crippen LogP contribution < -0.4 is 15.6 Å². The monoisotopic (exact) mass is 544 g/mol. The summed E-state index contributed by atoms with van der Waals surface area (Å²) in [6, 6.07) is 6.04. The normalized spacial score (nSPS) is 17.9. The van der Waals surface area contributed by atoms with Crippen LogP contribution in [0.4, 0.5) is 23.4 Å². The van der Waals surface area contributed by atoms with E-state index in [0.29, 0.717) is 64.8 Å². The van der Waals surface area contributed by atoms with Crippen LogP contribution in [0, 0.1) is 12.7 Å². The number of pyridine rings is 3. The van der Waals surface area contributed by atoms with Gasteiger partial charge in [-0.25, -0.2) is 14.4 Å². The fourth-order valence-electron chi connectivity index (χ4n) is 4.95. The van der Waals surface area contributed by atoms with Gasteiger partial charge in [0.25, 0.3) is 11.4 Å². The number of aromatic nitrogens is 5. The highest BCUT2D eigenvalue weighted by Crippen LogP contribution is 2.36. The molecule has 5 rings (SSSR count). The Kier molecular flexibility index (Phi) is 7.28. The number of rotatable bonds is 7. The van der Waals surface area contributed by atoms with Gasteiger partial charge in [0.05, 0.1) is 11.6 Å². The SMILES string of the molecule is CCNc1cc2c(cn1)c(-c1ccc(=O)n(CC(F)(F)F)c1)nn2C1CCC(Oc2nccc(C)c2F)CC1. The molecule has 0 bridgehead atoms. The summed E-state index contributed by atoms with van der Waals surface area (Å²) < 4.78 is 61.9. The fraction of sp³-hybridized carbons (Fsp3) is 0.407. The van der Waals surface area contributed by atoms with Crippen molar-refractivity contribution in [3.63, 3.8) is 0 Å². The van der Waals surface area contributed by atoms with E-state index < -0.39 is 24.1 Å². The van der Waals surface area contributed by atoms with Crippen molar-refractivity contribution < 1.29 is 22.3 Å². The molecule has 206 valence electrons.